The van der Waals surface area contributed by atoms with Crippen molar-refractivity contribution >= 4 is 11.2 Å². The van der Waals surface area contributed by atoms with Crippen molar-refractivity contribution in [2.75, 3.05) is 6.61 Å². The number of hydrogen-bond acceptors (Lipinski definition) is 6. The highest BCUT2D eigenvalue weighted by Gasteiger charge is 2.43. The van der Waals surface area contributed by atoms with Gasteiger partial charge in [-0.05, 0) is 12.1 Å². The van der Waals surface area contributed by atoms with Crippen LogP contribution in [0, 0.1) is 0 Å². The predicted molar refractivity (Wildman–Crippen MR) is 60.5 cm³/mol. The van der Waals surface area contributed by atoms with E-state index in [1.54, 1.807) is 22.9 Å². The van der Waals surface area contributed by atoms with Gasteiger partial charge in [0.1, 0.15) is 23.8 Å². The van der Waals surface area contributed by atoms with Crippen LogP contribution in [0.1, 0.15) is 6.23 Å². The standard InChI is InChI=1S/C11H13N3O4/c15-4-7-8(16)9(17)11(18-7)14-5-13-6-2-1-3-12-10(6)14/h1-3,5,7-9,11,15-17H,4H2/t7-,8+,9-,11+/m0/s1. The maximum atomic E-state index is 9.93. The molecule has 4 atom stereocenters. The van der Waals surface area contributed by atoms with Gasteiger partial charge < -0.3 is 20.1 Å². The van der Waals surface area contributed by atoms with Gasteiger partial charge in [-0.15, -0.1) is 0 Å². The first kappa shape index (κ1) is 11.5. The highest BCUT2D eigenvalue weighted by atomic mass is 16.6. The molecule has 0 aromatic carbocycles. The third-order valence-corrected chi connectivity index (χ3v) is 3.12. The Labute approximate surface area is 102 Å². The predicted octanol–water partition coefficient (Wildman–Crippen LogP) is -0.957. The van der Waals surface area contributed by atoms with Gasteiger partial charge in [0, 0.05) is 6.20 Å². The Balaban J connectivity index is 2.00. The summed E-state index contributed by atoms with van der Waals surface area (Å²) >= 11 is 0. The lowest BCUT2D eigenvalue weighted by Crippen LogP contribution is -2.33. The van der Waals surface area contributed by atoms with Crippen molar-refractivity contribution in [3.63, 3.8) is 0 Å². The van der Waals surface area contributed by atoms with E-state index in [-0.39, 0.29) is 6.61 Å². The topological polar surface area (TPSA) is 101 Å². The zero-order valence-electron chi connectivity index (χ0n) is 9.42. The van der Waals surface area contributed by atoms with Crippen LogP contribution in [0.4, 0.5) is 0 Å². The zero-order valence-corrected chi connectivity index (χ0v) is 9.42. The number of aliphatic hydroxyl groups is 3. The summed E-state index contributed by atoms with van der Waals surface area (Å²) in [4.78, 5) is 8.30. The molecule has 7 heteroatoms. The van der Waals surface area contributed by atoms with Crippen LogP contribution >= 0.6 is 0 Å². The number of fused-ring (bicyclic) bond motifs is 1. The molecule has 3 N–H and O–H groups in total. The molecule has 96 valence electrons. The second-order valence-electron chi connectivity index (χ2n) is 4.23. The third-order valence-electron chi connectivity index (χ3n) is 3.12. The Morgan fingerprint density at radius 2 is 2.11 bits per heavy atom. The van der Waals surface area contributed by atoms with Crippen molar-refractivity contribution in [2.24, 2.45) is 0 Å². The number of nitrogens with zero attached hydrogens (tertiary/aromatic N) is 3. The summed E-state index contributed by atoms with van der Waals surface area (Å²) in [5, 5.41) is 28.7. The second kappa shape index (κ2) is 4.29. The molecule has 1 fully saturated rings. The van der Waals surface area contributed by atoms with Crippen LogP contribution in [-0.2, 0) is 4.74 Å². The fraction of sp³-hybridized carbons (Fsp3) is 0.455. The highest BCUT2D eigenvalue weighted by Crippen LogP contribution is 2.30. The number of imidazole rings is 1. The number of aliphatic hydroxyl groups excluding tert-OH is 3. The van der Waals surface area contributed by atoms with Crippen LogP contribution in [-0.4, -0.2) is 54.8 Å². The highest BCUT2D eigenvalue weighted by molar-refractivity contribution is 5.70. The van der Waals surface area contributed by atoms with Gasteiger partial charge in [0.2, 0.25) is 0 Å². The summed E-state index contributed by atoms with van der Waals surface area (Å²) in [6.07, 6.45) is -0.731. The van der Waals surface area contributed by atoms with E-state index in [0.717, 1.165) is 0 Å². The van der Waals surface area contributed by atoms with Gasteiger partial charge in [-0.25, -0.2) is 9.97 Å². The van der Waals surface area contributed by atoms with E-state index in [1.165, 1.54) is 6.33 Å². The molecule has 7 nitrogen and oxygen atoms in total. The summed E-state index contributed by atoms with van der Waals surface area (Å²) in [5.41, 5.74) is 1.24. The summed E-state index contributed by atoms with van der Waals surface area (Å²) < 4.78 is 6.98. The second-order valence-corrected chi connectivity index (χ2v) is 4.23. The average molecular weight is 251 g/mol. The molecular formula is C11H13N3O4. The summed E-state index contributed by atoms with van der Waals surface area (Å²) in [6.45, 7) is -0.352. The van der Waals surface area contributed by atoms with E-state index in [1.807, 2.05) is 0 Å². The van der Waals surface area contributed by atoms with Gasteiger partial charge in [0.25, 0.3) is 0 Å². The van der Waals surface area contributed by atoms with E-state index in [2.05, 4.69) is 9.97 Å². The van der Waals surface area contributed by atoms with E-state index < -0.39 is 24.5 Å². The van der Waals surface area contributed by atoms with Crippen LogP contribution in [0.25, 0.3) is 11.2 Å². The van der Waals surface area contributed by atoms with Crippen molar-refractivity contribution < 1.29 is 20.1 Å². The first-order chi connectivity index (χ1) is 8.72. The Morgan fingerprint density at radius 1 is 1.28 bits per heavy atom. The smallest absolute Gasteiger partial charge is 0.165 e. The van der Waals surface area contributed by atoms with E-state index in [0.29, 0.717) is 11.2 Å². The minimum Gasteiger partial charge on any atom is -0.394 e. The first-order valence-electron chi connectivity index (χ1n) is 5.62. The van der Waals surface area contributed by atoms with Crippen LogP contribution in [0.5, 0.6) is 0 Å². The first-order valence-corrected chi connectivity index (χ1v) is 5.62. The SMILES string of the molecule is OC[C@@H]1O[C@@H](n2cnc3cccnc32)[C@@H](O)[C@@H]1O. The van der Waals surface area contributed by atoms with Crippen LogP contribution in [0.2, 0.25) is 0 Å². The minimum atomic E-state index is -1.12. The van der Waals surface area contributed by atoms with Gasteiger partial charge >= 0.3 is 0 Å². The quantitative estimate of drug-likeness (QED) is 0.635. The molecule has 0 amide bonds. The molecule has 3 rings (SSSR count). The Kier molecular flexibility index (Phi) is 2.75. The summed E-state index contributed by atoms with van der Waals surface area (Å²) in [6, 6.07) is 3.55. The van der Waals surface area contributed by atoms with Crippen LogP contribution < -0.4 is 0 Å². The van der Waals surface area contributed by atoms with Gasteiger partial charge in [0.15, 0.2) is 11.9 Å². The lowest BCUT2D eigenvalue weighted by molar-refractivity contribution is -0.0511. The number of rotatable bonds is 2. The van der Waals surface area contributed by atoms with Crippen LogP contribution in [0.3, 0.4) is 0 Å². The number of hydrogen-bond donors (Lipinski definition) is 3. The van der Waals surface area contributed by atoms with Crippen LogP contribution in [0.15, 0.2) is 24.7 Å². The van der Waals surface area contributed by atoms with Gasteiger partial charge in [-0.3, -0.25) is 4.57 Å². The number of pyridine rings is 1. The fourth-order valence-corrected chi connectivity index (χ4v) is 2.16. The Hall–Kier alpha value is -1.54. The normalized spacial score (nSPS) is 32.2. The van der Waals surface area contributed by atoms with Gasteiger partial charge in [-0.2, -0.15) is 0 Å². The molecule has 1 aliphatic heterocycles. The molecule has 18 heavy (non-hydrogen) atoms. The summed E-state index contributed by atoms with van der Waals surface area (Å²) in [7, 11) is 0. The van der Waals surface area contributed by atoms with Gasteiger partial charge in [-0.1, -0.05) is 0 Å². The van der Waals surface area contributed by atoms with Crippen molar-refractivity contribution in [3.05, 3.63) is 24.7 Å². The van der Waals surface area contributed by atoms with Crippen molar-refractivity contribution in [1.82, 2.24) is 14.5 Å². The average Bonchev–Trinajstić information content (AvgIpc) is 2.93. The maximum Gasteiger partial charge on any atom is 0.165 e. The monoisotopic (exact) mass is 251 g/mol. The lowest BCUT2D eigenvalue weighted by atomic mass is 10.1. The number of aromatic nitrogens is 3. The van der Waals surface area contributed by atoms with Crippen molar-refractivity contribution in [1.29, 1.82) is 0 Å². The van der Waals surface area contributed by atoms with E-state index in [9.17, 15) is 10.2 Å². The maximum absolute atomic E-state index is 9.93. The third kappa shape index (κ3) is 1.60. The Morgan fingerprint density at radius 3 is 2.83 bits per heavy atom. The molecule has 0 bridgehead atoms. The number of ether oxygens (including phenoxy) is 1. The molecule has 1 saturated heterocycles. The van der Waals surface area contributed by atoms with Crippen molar-refractivity contribution in [3.8, 4) is 0 Å². The minimum absolute atomic E-state index is 0.352. The zero-order chi connectivity index (χ0) is 12.7. The van der Waals surface area contributed by atoms with Gasteiger partial charge in [0.05, 0.1) is 12.9 Å². The molecule has 1 aliphatic rings. The molecule has 2 aromatic heterocycles. The summed E-state index contributed by atoms with van der Waals surface area (Å²) in [5.74, 6) is 0. The fourth-order valence-electron chi connectivity index (χ4n) is 2.16. The Bertz CT molecular complexity index is 558. The molecule has 0 radical (unpaired) electrons. The molecule has 0 spiro atoms. The molecule has 0 saturated carbocycles. The largest absolute Gasteiger partial charge is 0.394 e. The molecule has 0 aliphatic carbocycles. The molecular weight excluding hydrogens is 238 g/mol. The molecule has 2 aromatic rings. The van der Waals surface area contributed by atoms with E-state index in [4.69, 9.17) is 9.84 Å². The van der Waals surface area contributed by atoms with Crippen molar-refractivity contribution in [2.45, 2.75) is 24.5 Å². The van der Waals surface area contributed by atoms with E-state index >= 15 is 0 Å². The molecule has 3 heterocycles. The molecule has 0 unspecified atom stereocenters. The lowest BCUT2D eigenvalue weighted by Gasteiger charge is -2.16.